The van der Waals surface area contributed by atoms with E-state index >= 15 is 0 Å². The highest BCUT2D eigenvalue weighted by Gasteiger charge is 2.16. The number of methoxy groups -OCH3 is 1. The molecule has 0 spiro atoms. The van der Waals surface area contributed by atoms with Crippen LogP contribution in [0.15, 0.2) is 54.7 Å². The van der Waals surface area contributed by atoms with Crippen molar-refractivity contribution in [1.29, 1.82) is 0 Å². The van der Waals surface area contributed by atoms with Crippen LogP contribution in [0.2, 0.25) is 0 Å². The van der Waals surface area contributed by atoms with Crippen LogP contribution in [0, 0.1) is 0 Å². The van der Waals surface area contributed by atoms with Gasteiger partial charge in [-0.2, -0.15) is 9.78 Å². The lowest BCUT2D eigenvalue weighted by molar-refractivity contribution is 0.170. The lowest BCUT2D eigenvalue weighted by atomic mass is 10.1. The average Bonchev–Trinajstić information content (AvgIpc) is 3.17. The summed E-state index contributed by atoms with van der Waals surface area (Å²) < 4.78 is 7.35. The van der Waals surface area contributed by atoms with Crippen LogP contribution in [-0.2, 0) is 4.74 Å². The molecule has 0 fully saturated rings. The lowest BCUT2D eigenvalue weighted by Gasteiger charge is -2.04. The van der Waals surface area contributed by atoms with Crippen molar-refractivity contribution in [1.82, 2.24) is 9.78 Å². The van der Waals surface area contributed by atoms with Gasteiger partial charge in [-0.25, -0.2) is 4.79 Å². The highest BCUT2D eigenvalue weighted by molar-refractivity contribution is 7.22. The molecule has 5 heteroatoms. The van der Waals surface area contributed by atoms with Gasteiger partial charge in [-0.05, 0) is 17.5 Å². The average molecular weight is 308 g/mol. The predicted molar refractivity (Wildman–Crippen MR) is 88.4 cm³/mol. The highest BCUT2D eigenvalue weighted by Crippen LogP contribution is 2.37. The van der Waals surface area contributed by atoms with Crippen LogP contribution in [0.4, 0.5) is 4.79 Å². The topological polar surface area (TPSA) is 44.1 Å². The fourth-order valence-corrected chi connectivity index (χ4v) is 3.71. The van der Waals surface area contributed by atoms with E-state index in [2.05, 4.69) is 23.3 Å². The minimum atomic E-state index is -0.483. The number of nitrogens with zero attached hydrogens (tertiary/aromatic N) is 2. The van der Waals surface area contributed by atoms with Crippen molar-refractivity contribution in [2.24, 2.45) is 0 Å². The number of rotatable bonds is 1. The molecular weight excluding hydrogens is 296 g/mol. The van der Waals surface area contributed by atoms with E-state index in [0.29, 0.717) is 0 Å². The van der Waals surface area contributed by atoms with Crippen LogP contribution in [0.3, 0.4) is 0 Å². The normalized spacial score (nSPS) is 11.1. The molecular formula is C17H12N2O2S. The SMILES string of the molecule is COC(=O)n1ncc2cccc(-c3cc4ccccc4s3)c21. The summed E-state index contributed by atoms with van der Waals surface area (Å²) in [6.45, 7) is 0. The van der Waals surface area contributed by atoms with Crippen molar-refractivity contribution in [3.63, 3.8) is 0 Å². The van der Waals surface area contributed by atoms with E-state index in [-0.39, 0.29) is 0 Å². The Bertz CT molecular complexity index is 967. The second kappa shape index (κ2) is 4.96. The first-order valence-corrected chi connectivity index (χ1v) is 7.63. The predicted octanol–water partition coefficient (Wildman–Crippen LogP) is 4.53. The molecule has 2 aromatic carbocycles. The van der Waals surface area contributed by atoms with E-state index in [4.69, 9.17) is 4.74 Å². The molecule has 0 saturated carbocycles. The van der Waals surface area contributed by atoms with E-state index in [9.17, 15) is 4.79 Å². The summed E-state index contributed by atoms with van der Waals surface area (Å²) in [6, 6.07) is 16.3. The van der Waals surface area contributed by atoms with E-state index < -0.39 is 6.09 Å². The molecule has 2 aromatic heterocycles. The molecule has 0 aliphatic rings. The fraction of sp³-hybridized carbons (Fsp3) is 0.0588. The van der Waals surface area contributed by atoms with Gasteiger partial charge in [0, 0.05) is 20.5 Å². The molecule has 0 saturated heterocycles. The third-order valence-electron chi connectivity index (χ3n) is 3.63. The van der Waals surface area contributed by atoms with Gasteiger partial charge >= 0.3 is 6.09 Å². The van der Waals surface area contributed by atoms with Crippen LogP contribution in [-0.4, -0.2) is 23.0 Å². The Hall–Kier alpha value is -2.66. The molecule has 4 aromatic rings. The van der Waals surface area contributed by atoms with Gasteiger partial charge in [-0.1, -0.05) is 36.4 Å². The van der Waals surface area contributed by atoms with Gasteiger partial charge in [0.1, 0.15) is 0 Å². The van der Waals surface area contributed by atoms with Crippen molar-refractivity contribution in [3.05, 3.63) is 54.7 Å². The molecule has 2 heterocycles. The third kappa shape index (κ3) is 1.90. The fourth-order valence-electron chi connectivity index (χ4n) is 2.62. The number of fused-ring (bicyclic) bond motifs is 2. The summed E-state index contributed by atoms with van der Waals surface area (Å²) in [5.74, 6) is 0. The van der Waals surface area contributed by atoms with Crippen molar-refractivity contribution in [2.75, 3.05) is 7.11 Å². The van der Waals surface area contributed by atoms with Gasteiger partial charge in [-0.15, -0.1) is 11.3 Å². The first-order valence-electron chi connectivity index (χ1n) is 6.82. The molecule has 0 unspecified atom stereocenters. The van der Waals surface area contributed by atoms with Crippen LogP contribution in [0.25, 0.3) is 31.4 Å². The van der Waals surface area contributed by atoms with Gasteiger partial charge in [0.15, 0.2) is 0 Å². The molecule has 4 rings (SSSR count). The van der Waals surface area contributed by atoms with Gasteiger partial charge in [0.05, 0.1) is 18.8 Å². The number of benzene rings is 2. The molecule has 22 heavy (non-hydrogen) atoms. The zero-order valence-corrected chi connectivity index (χ0v) is 12.6. The Balaban J connectivity index is 2.01. The maximum atomic E-state index is 11.9. The lowest BCUT2D eigenvalue weighted by Crippen LogP contribution is -2.12. The molecule has 108 valence electrons. The molecule has 0 atom stereocenters. The van der Waals surface area contributed by atoms with Crippen LogP contribution < -0.4 is 0 Å². The zero-order chi connectivity index (χ0) is 15.1. The second-order valence-corrected chi connectivity index (χ2v) is 6.00. The Kier molecular flexibility index (Phi) is 2.94. The summed E-state index contributed by atoms with van der Waals surface area (Å²) in [5, 5.41) is 6.27. The van der Waals surface area contributed by atoms with Gasteiger partial charge in [-0.3, -0.25) is 0 Å². The smallest absolute Gasteiger partial charge is 0.434 e. The van der Waals surface area contributed by atoms with Gasteiger partial charge < -0.3 is 4.74 Å². The first-order chi connectivity index (χ1) is 10.8. The standard InChI is InChI=1S/C17H12N2O2S/c1-21-17(20)19-16-12(10-18-19)6-4-7-13(16)15-9-11-5-2-3-8-14(11)22-15/h2-10H,1H3. The summed E-state index contributed by atoms with van der Waals surface area (Å²) in [6.07, 6.45) is 1.20. The first kappa shape index (κ1) is 13.0. The molecule has 0 aliphatic heterocycles. The maximum absolute atomic E-state index is 11.9. The Morgan fingerprint density at radius 2 is 1.95 bits per heavy atom. The number of hydrogen-bond acceptors (Lipinski definition) is 4. The monoisotopic (exact) mass is 308 g/mol. The quantitative estimate of drug-likeness (QED) is 0.519. The molecule has 0 N–H and O–H groups in total. The molecule has 0 aliphatic carbocycles. The largest absolute Gasteiger partial charge is 0.451 e. The number of para-hydroxylation sites is 1. The number of hydrogen-bond donors (Lipinski definition) is 0. The molecule has 0 bridgehead atoms. The van der Waals surface area contributed by atoms with Crippen LogP contribution in [0.1, 0.15) is 0 Å². The van der Waals surface area contributed by atoms with E-state index in [0.717, 1.165) is 21.3 Å². The van der Waals surface area contributed by atoms with Gasteiger partial charge in [0.25, 0.3) is 0 Å². The highest BCUT2D eigenvalue weighted by atomic mass is 32.1. The zero-order valence-electron chi connectivity index (χ0n) is 11.8. The van der Waals surface area contributed by atoms with Crippen LogP contribution >= 0.6 is 11.3 Å². The number of carbonyl (C=O) groups is 1. The number of thiophene rings is 1. The van der Waals surface area contributed by atoms with Crippen molar-refractivity contribution < 1.29 is 9.53 Å². The molecule has 0 radical (unpaired) electrons. The maximum Gasteiger partial charge on any atom is 0.434 e. The Labute approximate surface area is 130 Å². The second-order valence-electron chi connectivity index (χ2n) is 4.92. The Morgan fingerprint density at radius 3 is 2.77 bits per heavy atom. The van der Waals surface area contributed by atoms with Gasteiger partial charge in [0.2, 0.25) is 0 Å². The third-order valence-corrected chi connectivity index (χ3v) is 4.78. The number of aromatic nitrogens is 2. The Morgan fingerprint density at radius 1 is 1.14 bits per heavy atom. The van der Waals surface area contributed by atoms with E-state index in [1.165, 1.54) is 21.9 Å². The number of ether oxygens (including phenoxy) is 1. The van der Waals surface area contributed by atoms with Crippen molar-refractivity contribution >= 4 is 38.4 Å². The van der Waals surface area contributed by atoms with Crippen molar-refractivity contribution in [3.8, 4) is 10.4 Å². The summed E-state index contributed by atoms with van der Waals surface area (Å²) in [4.78, 5) is 13.0. The van der Waals surface area contributed by atoms with Crippen LogP contribution in [0.5, 0.6) is 0 Å². The summed E-state index contributed by atoms with van der Waals surface area (Å²) in [5.41, 5.74) is 1.77. The van der Waals surface area contributed by atoms with E-state index in [1.54, 1.807) is 17.5 Å². The minimum Gasteiger partial charge on any atom is -0.451 e. The van der Waals surface area contributed by atoms with E-state index in [1.807, 2.05) is 30.3 Å². The minimum absolute atomic E-state index is 0.483. The number of carbonyl (C=O) groups excluding carboxylic acids is 1. The molecule has 4 nitrogen and oxygen atoms in total. The summed E-state index contributed by atoms with van der Waals surface area (Å²) >= 11 is 1.70. The molecule has 0 amide bonds. The summed E-state index contributed by atoms with van der Waals surface area (Å²) in [7, 11) is 1.36. The van der Waals surface area contributed by atoms with Crippen molar-refractivity contribution in [2.45, 2.75) is 0 Å².